The van der Waals surface area contributed by atoms with Crippen LogP contribution in [0.25, 0.3) is 0 Å². The van der Waals surface area contributed by atoms with Gasteiger partial charge in [0.25, 0.3) is 0 Å². The minimum absolute atomic E-state index is 0.00584. The summed E-state index contributed by atoms with van der Waals surface area (Å²) < 4.78 is 30.4. The minimum atomic E-state index is -4.16. The number of rotatable bonds is 4. The fourth-order valence-electron chi connectivity index (χ4n) is 1.05. The molecule has 18 heavy (non-hydrogen) atoms. The number of carboxylic acid groups (broad SMARTS) is 1. The summed E-state index contributed by atoms with van der Waals surface area (Å²) in [5.41, 5.74) is -0.0837. The third-order valence-electron chi connectivity index (χ3n) is 1.76. The summed E-state index contributed by atoms with van der Waals surface area (Å²) in [5, 5.41) is 8.72. The molecule has 9 heteroatoms. The lowest BCUT2D eigenvalue weighted by Gasteiger charge is -2.08. The van der Waals surface area contributed by atoms with Crippen LogP contribution in [0.5, 0.6) is 0 Å². The van der Waals surface area contributed by atoms with Crippen LogP contribution in [0.3, 0.4) is 0 Å². The molecule has 0 heterocycles. The molecule has 1 aromatic rings. The van der Waals surface area contributed by atoms with Gasteiger partial charge in [-0.1, -0.05) is 6.07 Å². The van der Waals surface area contributed by atoms with Gasteiger partial charge in [-0.05, 0) is 18.2 Å². The molecule has 0 aromatic heterocycles. The summed E-state index contributed by atoms with van der Waals surface area (Å²) in [6.45, 7) is 0. The Bertz CT molecular complexity index is 568. The first-order valence-corrected chi connectivity index (χ1v) is 6.04. The molecule has 0 saturated heterocycles. The molecule has 1 amide bonds. The second-order valence-electron chi connectivity index (χ2n) is 3.09. The molecule has 0 spiro atoms. The number of methoxy groups -OCH3 is 1. The van der Waals surface area contributed by atoms with Gasteiger partial charge in [-0.25, -0.2) is 14.3 Å². The van der Waals surface area contributed by atoms with Crippen molar-refractivity contribution in [3.63, 3.8) is 0 Å². The Morgan fingerprint density at radius 2 is 2.00 bits per heavy atom. The lowest BCUT2D eigenvalue weighted by Crippen LogP contribution is -2.35. The number of hydrogen-bond acceptors (Lipinski definition) is 5. The average Bonchev–Trinajstić information content (AvgIpc) is 2.27. The zero-order chi connectivity index (χ0) is 13.8. The Hall–Kier alpha value is -2.29. The van der Waals surface area contributed by atoms with Gasteiger partial charge in [-0.2, -0.15) is 8.42 Å². The predicted molar refractivity (Wildman–Crippen MR) is 61.5 cm³/mol. The molecule has 0 fully saturated rings. The van der Waals surface area contributed by atoms with Crippen molar-refractivity contribution in [1.82, 2.24) is 4.72 Å². The van der Waals surface area contributed by atoms with Gasteiger partial charge in [0, 0.05) is 0 Å². The van der Waals surface area contributed by atoms with E-state index in [1.165, 1.54) is 18.2 Å². The van der Waals surface area contributed by atoms with Crippen molar-refractivity contribution in [3.05, 3.63) is 29.8 Å². The van der Waals surface area contributed by atoms with Crippen molar-refractivity contribution in [3.8, 4) is 0 Å². The van der Waals surface area contributed by atoms with Crippen molar-refractivity contribution in [2.75, 3.05) is 11.8 Å². The molecule has 0 radical (unpaired) electrons. The Morgan fingerprint density at radius 3 is 2.56 bits per heavy atom. The first-order chi connectivity index (χ1) is 8.34. The smallest absolute Gasteiger partial charge is 0.422 e. The maximum absolute atomic E-state index is 11.4. The first-order valence-electron chi connectivity index (χ1n) is 4.56. The zero-order valence-electron chi connectivity index (χ0n) is 9.21. The highest BCUT2D eigenvalue weighted by Gasteiger charge is 2.15. The summed E-state index contributed by atoms with van der Waals surface area (Å²) in [6, 6.07) is 5.11. The molecule has 1 rings (SSSR count). The Kier molecular flexibility index (Phi) is 4.10. The molecule has 1 aromatic carbocycles. The molecule has 8 nitrogen and oxygen atoms in total. The van der Waals surface area contributed by atoms with Crippen LogP contribution in [0.1, 0.15) is 10.4 Å². The molecule has 0 aliphatic rings. The van der Waals surface area contributed by atoms with Crippen LogP contribution >= 0.6 is 0 Å². The van der Waals surface area contributed by atoms with Crippen molar-refractivity contribution < 1.29 is 27.9 Å². The van der Waals surface area contributed by atoms with Crippen LogP contribution in [0.2, 0.25) is 0 Å². The van der Waals surface area contributed by atoms with Gasteiger partial charge in [0.2, 0.25) is 0 Å². The van der Waals surface area contributed by atoms with Gasteiger partial charge in [0.05, 0.1) is 18.4 Å². The van der Waals surface area contributed by atoms with Gasteiger partial charge in [-0.15, -0.1) is 0 Å². The molecule has 0 aliphatic carbocycles. The normalized spacial score (nSPS) is 10.5. The van der Waals surface area contributed by atoms with E-state index in [4.69, 9.17) is 5.11 Å². The quantitative estimate of drug-likeness (QED) is 0.730. The highest BCUT2D eigenvalue weighted by Crippen LogP contribution is 2.11. The first kappa shape index (κ1) is 13.8. The number of anilines is 1. The van der Waals surface area contributed by atoms with E-state index in [0.717, 1.165) is 13.2 Å². The van der Waals surface area contributed by atoms with Gasteiger partial charge in [0.15, 0.2) is 0 Å². The molecular formula is C9H10N2O6S. The molecule has 0 unspecified atom stereocenters. The lowest BCUT2D eigenvalue weighted by molar-refractivity contribution is 0.0697. The largest absolute Gasteiger partial charge is 0.478 e. The second kappa shape index (κ2) is 5.36. The fraction of sp³-hybridized carbons (Fsp3) is 0.111. The van der Waals surface area contributed by atoms with E-state index in [1.807, 2.05) is 4.72 Å². The molecule has 0 aliphatic heterocycles. The second-order valence-corrected chi connectivity index (χ2v) is 4.50. The third kappa shape index (κ3) is 3.94. The Balaban J connectivity index is 2.87. The predicted octanol–water partition coefficient (Wildman–Crippen LogP) is 0.397. The van der Waals surface area contributed by atoms with Gasteiger partial charge in [0.1, 0.15) is 0 Å². The SMILES string of the molecule is COC(=O)NS(=O)(=O)Nc1cccc(C(=O)O)c1. The average molecular weight is 274 g/mol. The van der Waals surface area contributed by atoms with Crippen molar-refractivity contribution >= 4 is 28.0 Å². The van der Waals surface area contributed by atoms with E-state index in [1.54, 1.807) is 4.72 Å². The number of amides is 1. The van der Waals surface area contributed by atoms with E-state index < -0.39 is 22.3 Å². The van der Waals surface area contributed by atoms with Crippen LogP contribution in [0, 0.1) is 0 Å². The standard InChI is InChI=1S/C9H10N2O6S/c1-17-9(14)11-18(15,16)10-7-4-2-3-6(5-7)8(12)13/h2-5,10H,1H3,(H,11,14)(H,12,13). The van der Waals surface area contributed by atoms with Crippen molar-refractivity contribution in [2.45, 2.75) is 0 Å². The maximum Gasteiger partial charge on any atom is 0.422 e. The third-order valence-corrected chi connectivity index (χ3v) is 2.70. The van der Waals surface area contributed by atoms with Crippen molar-refractivity contribution in [1.29, 1.82) is 0 Å². The molecule has 0 atom stereocenters. The monoisotopic (exact) mass is 274 g/mol. The van der Waals surface area contributed by atoms with E-state index in [2.05, 4.69) is 4.74 Å². The molecule has 0 bridgehead atoms. The fourth-order valence-corrected chi connectivity index (χ4v) is 1.84. The summed E-state index contributed by atoms with van der Waals surface area (Å²) >= 11 is 0. The highest BCUT2D eigenvalue weighted by atomic mass is 32.2. The minimum Gasteiger partial charge on any atom is -0.478 e. The molecule has 98 valence electrons. The van der Waals surface area contributed by atoms with E-state index in [0.29, 0.717) is 0 Å². The summed E-state index contributed by atoms with van der Waals surface area (Å²) in [6.07, 6.45) is -1.16. The van der Waals surface area contributed by atoms with Crippen LogP contribution in [0.4, 0.5) is 10.5 Å². The van der Waals surface area contributed by atoms with Crippen LogP contribution in [-0.2, 0) is 14.9 Å². The number of nitrogens with one attached hydrogen (secondary N) is 2. The highest BCUT2D eigenvalue weighted by molar-refractivity contribution is 7.91. The summed E-state index contributed by atoms with van der Waals surface area (Å²) in [7, 11) is -3.15. The number of ether oxygens (including phenoxy) is 1. The number of hydrogen-bond donors (Lipinski definition) is 3. The zero-order valence-corrected chi connectivity index (χ0v) is 10.0. The van der Waals surface area contributed by atoms with Gasteiger partial charge in [-0.3, -0.25) is 4.72 Å². The molecule has 0 saturated carbocycles. The Labute approximate surface area is 103 Å². The number of carbonyl (C=O) groups excluding carboxylic acids is 1. The molecular weight excluding hydrogens is 264 g/mol. The lowest BCUT2D eigenvalue weighted by atomic mass is 10.2. The van der Waals surface area contributed by atoms with E-state index in [-0.39, 0.29) is 11.3 Å². The maximum atomic E-state index is 11.4. The number of carbonyl (C=O) groups is 2. The molecule has 3 N–H and O–H groups in total. The van der Waals surface area contributed by atoms with Crippen LogP contribution in [0.15, 0.2) is 24.3 Å². The number of carboxylic acids is 1. The van der Waals surface area contributed by atoms with E-state index in [9.17, 15) is 18.0 Å². The summed E-state index contributed by atoms with van der Waals surface area (Å²) in [4.78, 5) is 21.4. The number of aromatic carboxylic acids is 1. The van der Waals surface area contributed by atoms with Gasteiger partial charge >= 0.3 is 22.3 Å². The topological polar surface area (TPSA) is 122 Å². The Morgan fingerprint density at radius 1 is 1.33 bits per heavy atom. The van der Waals surface area contributed by atoms with Crippen LogP contribution < -0.4 is 9.44 Å². The van der Waals surface area contributed by atoms with E-state index >= 15 is 0 Å². The van der Waals surface area contributed by atoms with Crippen molar-refractivity contribution in [2.24, 2.45) is 0 Å². The number of benzene rings is 1. The van der Waals surface area contributed by atoms with Gasteiger partial charge < -0.3 is 9.84 Å². The van der Waals surface area contributed by atoms with Crippen LogP contribution in [-0.4, -0.2) is 32.7 Å². The summed E-state index contributed by atoms with van der Waals surface area (Å²) in [5.74, 6) is -1.20.